The Kier molecular flexibility index (Phi) is 2.85. The highest BCUT2D eigenvalue weighted by atomic mass is 16.4. The van der Waals surface area contributed by atoms with Crippen LogP contribution in [0.4, 0.5) is 0 Å². The summed E-state index contributed by atoms with van der Waals surface area (Å²) in [6.45, 7) is 2.35. The summed E-state index contributed by atoms with van der Waals surface area (Å²) in [7, 11) is 0. The molecule has 0 radical (unpaired) electrons. The third-order valence-corrected chi connectivity index (χ3v) is 2.43. The number of hydrogen-bond donors (Lipinski definition) is 4. The van der Waals surface area contributed by atoms with E-state index in [1.165, 1.54) is 13.8 Å². The lowest BCUT2D eigenvalue weighted by Crippen LogP contribution is -2.06. The van der Waals surface area contributed by atoms with E-state index in [2.05, 4.69) is 0 Å². The van der Waals surface area contributed by atoms with Gasteiger partial charge in [-0.2, -0.15) is 0 Å². The molecule has 1 aromatic carbocycles. The lowest BCUT2D eigenvalue weighted by atomic mass is 9.96. The molecule has 1 rings (SSSR count). The number of carboxylic acids is 1. The Morgan fingerprint density at radius 3 is 2.07 bits per heavy atom. The molecule has 0 aliphatic carbocycles. The summed E-state index contributed by atoms with van der Waals surface area (Å²) in [4.78, 5) is 10.9. The van der Waals surface area contributed by atoms with Gasteiger partial charge in [0.2, 0.25) is 0 Å². The fourth-order valence-corrected chi connectivity index (χ4v) is 1.48. The standard InChI is InChI=1S/C10H12O5/c1-4-6(3-11)7(10(14)15)9(13)5(2)8(4)12/h11-13H,3H2,1-2H3,(H,14,15). The Balaban J connectivity index is 3.70. The van der Waals surface area contributed by atoms with Crippen LogP contribution >= 0.6 is 0 Å². The van der Waals surface area contributed by atoms with Crippen molar-refractivity contribution in [1.82, 2.24) is 0 Å². The Bertz CT molecular complexity index is 423. The largest absolute Gasteiger partial charge is 0.507 e. The molecule has 0 fully saturated rings. The number of phenols is 2. The summed E-state index contributed by atoms with van der Waals surface area (Å²) in [5, 5.41) is 36.9. The second-order valence-corrected chi connectivity index (χ2v) is 3.26. The number of rotatable bonds is 2. The van der Waals surface area contributed by atoms with E-state index in [1.807, 2.05) is 0 Å². The van der Waals surface area contributed by atoms with Crippen molar-refractivity contribution in [2.75, 3.05) is 0 Å². The van der Waals surface area contributed by atoms with Crippen LogP contribution in [0.5, 0.6) is 11.5 Å². The molecule has 0 saturated heterocycles. The molecule has 15 heavy (non-hydrogen) atoms. The minimum Gasteiger partial charge on any atom is -0.507 e. The van der Waals surface area contributed by atoms with Crippen LogP contribution in [0.2, 0.25) is 0 Å². The quantitative estimate of drug-likeness (QED) is 0.584. The van der Waals surface area contributed by atoms with Crippen LogP contribution in [0.25, 0.3) is 0 Å². The molecule has 0 amide bonds. The number of aromatic carboxylic acids is 1. The van der Waals surface area contributed by atoms with Gasteiger partial charge in [0.05, 0.1) is 6.61 Å². The zero-order chi connectivity index (χ0) is 11.7. The third kappa shape index (κ3) is 1.61. The Labute approximate surface area is 86.2 Å². The van der Waals surface area contributed by atoms with E-state index in [1.54, 1.807) is 0 Å². The molecule has 0 heterocycles. The molecule has 1 aromatic rings. The maximum absolute atomic E-state index is 10.9. The van der Waals surface area contributed by atoms with E-state index in [4.69, 9.17) is 10.2 Å². The first kappa shape index (κ1) is 11.3. The average molecular weight is 212 g/mol. The maximum Gasteiger partial charge on any atom is 0.339 e. The summed E-state index contributed by atoms with van der Waals surface area (Å²) in [5.41, 5.74) is 0.0423. The number of carbonyl (C=O) groups is 1. The molecule has 0 spiro atoms. The molecule has 0 aliphatic heterocycles. The smallest absolute Gasteiger partial charge is 0.339 e. The van der Waals surface area contributed by atoms with Gasteiger partial charge in [-0.15, -0.1) is 0 Å². The van der Waals surface area contributed by atoms with Gasteiger partial charge in [0.25, 0.3) is 0 Å². The first-order valence-electron chi connectivity index (χ1n) is 4.29. The molecule has 5 nitrogen and oxygen atoms in total. The zero-order valence-electron chi connectivity index (χ0n) is 8.40. The van der Waals surface area contributed by atoms with Gasteiger partial charge in [-0.1, -0.05) is 0 Å². The van der Waals surface area contributed by atoms with Crippen LogP contribution in [0.3, 0.4) is 0 Å². The Hall–Kier alpha value is -1.75. The number of benzene rings is 1. The van der Waals surface area contributed by atoms with Crippen LogP contribution in [0.1, 0.15) is 27.0 Å². The van der Waals surface area contributed by atoms with Crippen molar-refractivity contribution in [3.8, 4) is 11.5 Å². The molecule has 0 saturated carbocycles. The van der Waals surface area contributed by atoms with Crippen LogP contribution in [-0.4, -0.2) is 26.4 Å². The fraction of sp³-hybridized carbons (Fsp3) is 0.300. The minimum absolute atomic E-state index is 0.0306. The van der Waals surface area contributed by atoms with Crippen LogP contribution in [0.15, 0.2) is 0 Å². The lowest BCUT2D eigenvalue weighted by Gasteiger charge is -2.14. The molecule has 0 atom stereocenters. The van der Waals surface area contributed by atoms with Gasteiger partial charge < -0.3 is 20.4 Å². The first-order chi connectivity index (χ1) is 6.91. The van der Waals surface area contributed by atoms with Crippen LogP contribution in [0, 0.1) is 13.8 Å². The number of aliphatic hydroxyl groups is 1. The zero-order valence-corrected chi connectivity index (χ0v) is 8.40. The summed E-state index contributed by atoms with van der Waals surface area (Å²) >= 11 is 0. The van der Waals surface area contributed by atoms with Crippen molar-refractivity contribution in [3.05, 3.63) is 22.3 Å². The molecule has 0 unspecified atom stereocenters. The fourth-order valence-electron chi connectivity index (χ4n) is 1.48. The van der Waals surface area contributed by atoms with E-state index in [-0.39, 0.29) is 28.0 Å². The highest BCUT2D eigenvalue weighted by Gasteiger charge is 2.22. The van der Waals surface area contributed by atoms with Crippen molar-refractivity contribution in [1.29, 1.82) is 0 Å². The van der Waals surface area contributed by atoms with Gasteiger partial charge in [0.15, 0.2) is 0 Å². The number of hydrogen-bond acceptors (Lipinski definition) is 4. The minimum atomic E-state index is -1.33. The van der Waals surface area contributed by atoms with Gasteiger partial charge in [-0.3, -0.25) is 0 Å². The van der Waals surface area contributed by atoms with Crippen molar-refractivity contribution >= 4 is 5.97 Å². The lowest BCUT2D eigenvalue weighted by molar-refractivity contribution is 0.0689. The first-order valence-corrected chi connectivity index (χ1v) is 4.29. The van der Waals surface area contributed by atoms with E-state index in [0.717, 1.165) is 0 Å². The van der Waals surface area contributed by atoms with Crippen LogP contribution in [-0.2, 0) is 6.61 Å². The summed E-state index contributed by atoms with van der Waals surface area (Å²) in [5.74, 6) is -2.03. The number of phenolic OH excluding ortho intramolecular Hbond substituents is 1. The second kappa shape index (κ2) is 3.78. The summed E-state index contributed by atoms with van der Waals surface area (Å²) in [6.07, 6.45) is 0. The van der Waals surface area contributed by atoms with Gasteiger partial charge >= 0.3 is 5.97 Å². The van der Waals surface area contributed by atoms with Gasteiger partial charge in [0.1, 0.15) is 17.1 Å². The molecule has 0 bridgehead atoms. The SMILES string of the molecule is Cc1c(O)c(C)c(CO)c(C(=O)O)c1O. The molecular weight excluding hydrogens is 200 g/mol. The maximum atomic E-state index is 10.9. The molecule has 0 aromatic heterocycles. The van der Waals surface area contributed by atoms with Gasteiger partial charge in [0, 0.05) is 11.1 Å². The monoisotopic (exact) mass is 212 g/mol. The number of aliphatic hydroxyl groups excluding tert-OH is 1. The highest BCUT2D eigenvalue weighted by molar-refractivity contribution is 5.94. The molecular formula is C10H12O5. The van der Waals surface area contributed by atoms with Crippen molar-refractivity contribution in [2.45, 2.75) is 20.5 Å². The predicted molar refractivity (Wildman–Crippen MR) is 52.1 cm³/mol. The highest BCUT2D eigenvalue weighted by Crippen LogP contribution is 2.36. The van der Waals surface area contributed by atoms with E-state index < -0.39 is 18.3 Å². The topological polar surface area (TPSA) is 98.0 Å². The van der Waals surface area contributed by atoms with Gasteiger partial charge in [-0.25, -0.2) is 4.79 Å². The van der Waals surface area contributed by atoms with Gasteiger partial charge in [-0.05, 0) is 19.4 Å². The third-order valence-electron chi connectivity index (χ3n) is 2.43. The Morgan fingerprint density at radius 1 is 1.13 bits per heavy atom. The van der Waals surface area contributed by atoms with Crippen molar-refractivity contribution < 1.29 is 25.2 Å². The predicted octanol–water partition coefficient (Wildman–Crippen LogP) is 0.905. The second-order valence-electron chi connectivity index (χ2n) is 3.26. The van der Waals surface area contributed by atoms with Crippen LogP contribution < -0.4 is 0 Å². The van der Waals surface area contributed by atoms with E-state index in [0.29, 0.717) is 0 Å². The normalized spacial score (nSPS) is 10.3. The summed E-state index contributed by atoms with van der Waals surface area (Å²) < 4.78 is 0. The Morgan fingerprint density at radius 2 is 1.67 bits per heavy atom. The number of carboxylic acid groups (broad SMARTS) is 1. The molecule has 4 N–H and O–H groups in total. The van der Waals surface area contributed by atoms with E-state index >= 15 is 0 Å². The van der Waals surface area contributed by atoms with Crippen molar-refractivity contribution in [2.24, 2.45) is 0 Å². The summed E-state index contributed by atoms with van der Waals surface area (Å²) in [6, 6.07) is 0. The average Bonchev–Trinajstić information content (AvgIpc) is 2.19. The van der Waals surface area contributed by atoms with E-state index in [9.17, 15) is 15.0 Å². The molecule has 0 aliphatic rings. The van der Waals surface area contributed by atoms with Crippen molar-refractivity contribution in [3.63, 3.8) is 0 Å². The molecule has 82 valence electrons. The molecule has 5 heteroatoms. The number of aromatic hydroxyl groups is 2.